The molecule has 184 valence electrons. The van der Waals surface area contributed by atoms with Crippen LogP contribution in [0.15, 0.2) is 152 Å². The standard InChI is InChI=1S/C33H30O3Si/c1-34-37(32-25-15-6-16-26-32,35-27-28-17-7-2-8-18-28)36-33(29-19-9-3-10-20-29,30-21-11-4-12-22-30)31-23-13-5-14-24-31/h2-26H,27H2,1H3. The van der Waals surface area contributed by atoms with Gasteiger partial charge in [0.15, 0.2) is 0 Å². The van der Waals surface area contributed by atoms with E-state index in [1.54, 1.807) is 7.11 Å². The zero-order valence-electron chi connectivity index (χ0n) is 20.9. The van der Waals surface area contributed by atoms with Crippen LogP contribution in [0.5, 0.6) is 0 Å². The van der Waals surface area contributed by atoms with Crippen LogP contribution in [-0.2, 0) is 25.5 Å². The van der Waals surface area contributed by atoms with Crippen molar-refractivity contribution in [2.75, 3.05) is 7.11 Å². The van der Waals surface area contributed by atoms with Gasteiger partial charge in [0.2, 0.25) is 0 Å². The van der Waals surface area contributed by atoms with Crippen LogP contribution in [0.1, 0.15) is 22.3 Å². The van der Waals surface area contributed by atoms with Gasteiger partial charge in [-0.05, 0) is 22.3 Å². The molecule has 4 heteroatoms. The van der Waals surface area contributed by atoms with Crippen LogP contribution >= 0.6 is 0 Å². The topological polar surface area (TPSA) is 27.7 Å². The van der Waals surface area contributed by atoms with Crippen molar-refractivity contribution in [3.05, 3.63) is 174 Å². The molecule has 0 heterocycles. The van der Waals surface area contributed by atoms with E-state index in [1.807, 2.05) is 103 Å². The molecule has 0 amide bonds. The second kappa shape index (κ2) is 11.5. The molecule has 0 N–H and O–H groups in total. The van der Waals surface area contributed by atoms with Crippen molar-refractivity contribution in [2.45, 2.75) is 12.2 Å². The lowest BCUT2D eigenvalue weighted by Crippen LogP contribution is -2.60. The third-order valence-electron chi connectivity index (χ3n) is 6.50. The highest BCUT2D eigenvalue weighted by Crippen LogP contribution is 2.43. The zero-order valence-corrected chi connectivity index (χ0v) is 21.9. The maximum Gasteiger partial charge on any atom is 0.538 e. The van der Waals surface area contributed by atoms with Crippen molar-refractivity contribution < 1.29 is 13.3 Å². The molecule has 5 aromatic carbocycles. The van der Waals surface area contributed by atoms with E-state index < -0.39 is 14.4 Å². The van der Waals surface area contributed by atoms with E-state index in [-0.39, 0.29) is 0 Å². The number of benzene rings is 5. The normalized spacial score (nSPS) is 13.1. The summed E-state index contributed by atoms with van der Waals surface area (Å²) in [5, 5.41) is 0.903. The fourth-order valence-electron chi connectivity index (χ4n) is 4.68. The third-order valence-corrected chi connectivity index (χ3v) is 9.17. The predicted molar refractivity (Wildman–Crippen MR) is 150 cm³/mol. The van der Waals surface area contributed by atoms with Crippen molar-refractivity contribution in [3.63, 3.8) is 0 Å². The van der Waals surface area contributed by atoms with Gasteiger partial charge in [0, 0.05) is 12.3 Å². The Hall–Kier alpha value is -3.80. The van der Waals surface area contributed by atoms with Crippen molar-refractivity contribution in [1.29, 1.82) is 0 Å². The minimum atomic E-state index is -3.51. The van der Waals surface area contributed by atoms with Crippen molar-refractivity contribution >= 4 is 14.0 Å². The van der Waals surface area contributed by atoms with Crippen molar-refractivity contribution in [3.8, 4) is 0 Å². The average molecular weight is 503 g/mol. The van der Waals surface area contributed by atoms with Crippen LogP contribution in [-0.4, -0.2) is 15.9 Å². The van der Waals surface area contributed by atoms with Crippen LogP contribution in [0.2, 0.25) is 0 Å². The molecule has 1 atom stereocenters. The second-order valence-corrected chi connectivity index (χ2v) is 11.4. The smallest absolute Gasteiger partial charge is 0.373 e. The first-order valence-electron chi connectivity index (χ1n) is 12.4. The van der Waals surface area contributed by atoms with Gasteiger partial charge in [0.1, 0.15) is 5.60 Å². The van der Waals surface area contributed by atoms with E-state index in [9.17, 15) is 0 Å². The molecule has 0 aliphatic heterocycles. The highest BCUT2D eigenvalue weighted by molar-refractivity contribution is 6.75. The summed E-state index contributed by atoms with van der Waals surface area (Å²) in [5.41, 5.74) is 3.08. The predicted octanol–water partition coefficient (Wildman–Crippen LogP) is 6.70. The maximum absolute atomic E-state index is 7.44. The summed E-state index contributed by atoms with van der Waals surface area (Å²) in [7, 11) is -1.82. The van der Waals surface area contributed by atoms with Gasteiger partial charge in [-0.2, -0.15) is 0 Å². The summed E-state index contributed by atoms with van der Waals surface area (Å²) in [6.07, 6.45) is 0. The van der Waals surface area contributed by atoms with E-state index in [2.05, 4.69) is 48.5 Å². The van der Waals surface area contributed by atoms with Crippen LogP contribution < -0.4 is 5.19 Å². The molecule has 0 aliphatic carbocycles. The first kappa shape index (κ1) is 24.9. The summed E-state index contributed by atoms with van der Waals surface area (Å²) < 4.78 is 20.6. The molecule has 0 spiro atoms. The summed E-state index contributed by atoms with van der Waals surface area (Å²) in [4.78, 5) is 0. The largest absolute Gasteiger partial charge is 0.538 e. The second-order valence-electron chi connectivity index (χ2n) is 8.78. The Labute approximate surface area is 220 Å². The molecule has 0 bridgehead atoms. The van der Waals surface area contributed by atoms with Crippen LogP contribution in [0.25, 0.3) is 0 Å². The van der Waals surface area contributed by atoms with E-state index in [0.717, 1.165) is 27.4 Å². The Kier molecular flexibility index (Phi) is 7.73. The summed E-state index contributed by atoms with van der Waals surface area (Å²) in [6, 6.07) is 51.2. The van der Waals surface area contributed by atoms with Crippen LogP contribution in [0.3, 0.4) is 0 Å². The summed E-state index contributed by atoms with van der Waals surface area (Å²) in [6.45, 7) is 0.365. The molecule has 0 fully saturated rings. The Morgan fingerprint density at radius 1 is 0.514 bits per heavy atom. The Bertz CT molecular complexity index is 1270. The first-order valence-corrected chi connectivity index (χ1v) is 14.1. The minimum Gasteiger partial charge on any atom is -0.373 e. The average Bonchev–Trinajstić information content (AvgIpc) is 3.00. The lowest BCUT2D eigenvalue weighted by Gasteiger charge is -2.42. The third kappa shape index (κ3) is 5.19. The van der Waals surface area contributed by atoms with Gasteiger partial charge < -0.3 is 13.3 Å². The minimum absolute atomic E-state index is 0.365. The quantitative estimate of drug-likeness (QED) is 0.157. The Morgan fingerprint density at radius 3 is 1.30 bits per heavy atom. The van der Waals surface area contributed by atoms with Gasteiger partial charge in [-0.1, -0.05) is 152 Å². The lowest BCUT2D eigenvalue weighted by atomic mass is 9.80. The monoisotopic (exact) mass is 502 g/mol. The fourth-order valence-corrected chi connectivity index (χ4v) is 7.18. The number of hydrogen-bond donors (Lipinski definition) is 0. The summed E-state index contributed by atoms with van der Waals surface area (Å²) >= 11 is 0. The fraction of sp³-hybridized carbons (Fsp3) is 0.0909. The first-order chi connectivity index (χ1) is 18.3. The van der Waals surface area contributed by atoms with E-state index >= 15 is 0 Å². The molecule has 5 aromatic rings. The van der Waals surface area contributed by atoms with Gasteiger partial charge in [-0.3, -0.25) is 0 Å². The van der Waals surface area contributed by atoms with E-state index in [0.29, 0.717) is 6.61 Å². The molecular weight excluding hydrogens is 472 g/mol. The van der Waals surface area contributed by atoms with E-state index in [4.69, 9.17) is 13.3 Å². The molecule has 0 saturated carbocycles. The van der Waals surface area contributed by atoms with Gasteiger partial charge in [-0.25, -0.2) is 0 Å². The van der Waals surface area contributed by atoms with Crippen LogP contribution in [0, 0.1) is 0 Å². The van der Waals surface area contributed by atoms with E-state index in [1.165, 1.54) is 0 Å². The Balaban J connectivity index is 1.73. The maximum atomic E-state index is 7.44. The molecule has 5 rings (SSSR count). The van der Waals surface area contributed by atoms with Gasteiger partial charge in [0.25, 0.3) is 0 Å². The zero-order chi connectivity index (χ0) is 25.4. The molecule has 3 nitrogen and oxygen atoms in total. The molecule has 37 heavy (non-hydrogen) atoms. The molecule has 0 aromatic heterocycles. The number of rotatable bonds is 10. The van der Waals surface area contributed by atoms with Gasteiger partial charge in [0.05, 0.1) is 6.61 Å². The highest BCUT2D eigenvalue weighted by Gasteiger charge is 2.52. The molecule has 1 unspecified atom stereocenters. The van der Waals surface area contributed by atoms with Crippen molar-refractivity contribution in [1.82, 2.24) is 0 Å². The molecule has 0 radical (unpaired) electrons. The highest BCUT2D eigenvalue weighted by atomic mass is 28.4. The lowest BCUT2D eigenvalue weighted by molar-refractivity contribution is 0.0232. The molecule has 0 saturated heterocycles. The molecular formula is C33H30O3Si. The van der Waals surface area contributed by atoms with Crippen molar-refractivity contribution in [2.24, 2.45) is 0 Å². The van der Waals surface area contributed by atoms with Gasteiger partial charge >= 0.3 is 8.80 Å². The SMILES string of the molecule is CO[Si](OCc1ccccc1)(OC(c1ccccc1)(c1ccccc1)c1ccccc1)c1ccccc1. The van der Waals surface area contributed by atoms with Gasteiger partial charge in [-0.15, -0.1) is 0 Å². The Morgan fingerprint density at radius 2 is 0.892 bits per heavy atom. The summed E-state index contributed by atoms with van der Waals surface area (Å²) in [5.74, 6) is 0. The molecule has 0 aliphatic rings. The van der Waals surface area contributed by atoms with Crippen LogP contribution in [0.4, 0.5) is 0 Å². The number of hydrogen-bond acceptors (Lipinski definition) is 3.